The van der Waals surface area contributed by atoms with Crippen molar-refractivity contribution in [2.45, 2.75) is 12.0 Å². The minimum absolute atomic E-state index is 0.0993. The van der Waals surface area contributed by atoms with E-state index in [0.29, 0.717) is 5.82 Å². The van der Waals surface area contributed by atoms with Crippen LogP contribution in [0.5, 0.6) is 0 Å². The number of carbonyl (C=O) groups excluding carboxylic acids is 1. The van der Waals surface area contributed by atoms with Crippen LogP contribution in [0.2, 0.25) is 0 Å². The van der Waals surface area contributed by atoms with Gasteiger partial charge in [0.25, 0.3) is 15.9 Å². The zero-order valence-electron chi connectivity index (χ0n) is 11.8. The molecule has 0 atom stereocenters. The van der Waals surface area contributed by atoms with E-state index in [-0.39, 0.29) is 10.9 Å². The molecule has 0 aliphatic rings. The van der Waals surface area contributed by atoms with Crippen LogP contribution in [0.1, 0.15) is 16.1 Å². The Balaban J connectivity index is 2.18. The lowest BCUT2D eigenvalue weighted by molar-refractivity contribution is 0.0991. The first-order valence-electron chi connectivity index (χ1n) is 6.07. The number of nitrogens with one attached hydrogen (secondary N) is 1. The molecule has 0 aliphatic heterocycles. The smallest absolute Gasteiger partial charge is 0.292 e. The number of aryl methyl sites for hydroxylation is 1. The van der Waals surface area contributed by atoms with E-state index in [2.05, 4.69) is 10.3 Å². The summed E-state index contributed by atoms with van der Waals surface area (Å²) < 4.78 is 29.8. The summed E-state index contributed by atoms with van der Waals surface area (Å²) in [5.41, 5.74) is 0.963. The predicted octanol–water partition coefficient (Wildman–Crippen LogP) is 1.49. The molecule has 0 saturated heterocycles. The van der Waals surface area contributed by atoms with Gasteiger partial charge in [-0.3, -0.25) is 4.79 Å². The summed E-state index contributed by atoms with van der Waals surface area (Å²) in [6.07, 6.45) is 1.61. The second kappa shape index (κ2) is 5.66. The van der Waals surface area contributed by atoms with Crippen LogP contribution in [0.3, 0.4) is 0 Å². The summed E-state index contributed by atoms with van der Waals surface area (Å²) >= 11 is 0. The van der Waals surface area contributed by atoms with Crippen LogP contribution in [0, 0.1) is 6.92 Å². The standard InChI is InChI=1S/C13H15N3O4S/c1-9-4-6-11(14-8-9)15-13(17)10-5-7-12(20-10)21(18,19)16(2)3/h4-8H,1-3H3,(H,14,15,17). The van der Waals surface area contributed by atoms with Gasteiger partial charge in [0.15, 0.2) is 5.76 Å². The van der Waals surface area contributed by atoms with Crippen LogP contribution < -0.4 is 5.32 Å². The van der Waals surface area contributed by atoms with E-state index in [4.69, 9.17) is 4.42 Å². The summed E-state index contributed by atoms with van der Waals surface area (Å²) in [6, 6.07) is 5.99. The number of pyridine rings is 1. The number of rotatable bonds is 4. The molecule has 0 aromatic carbocycles. The Bertz CT molecular complexity index is 748. The molecule has 21 heavy (non-hydrogen) atoms. The molecule has 2 rings (SSSR count). The largest absolute Gasteiger partial charge is 0.438 e. The van der Waals surface area contributed by atoms with Gasteiger partial charge in [-0.2, -0.15) is 0 Å². The molecule has 7 nitrogen and oxygen atoms in total. The van der Waals surface area contributed by atoms with Gasteiger partial charge in [0, 0.05) is 20.3 Å². The summed E-state index contributed by atoms with van der Waals surface area (Å²) in [7, 11) is -0.931. The van der Waals surface area contributed by atoms with E-state index < -0.39 is 15.9 Å². The van der Waals surface area contributed by atoms with Gasteiger partial charge >= 0.3 is 0 Å². The van der Waals surface area contributed by atoms with Crippen molar-refractivity contribution in [3.63, 3.8) is 0 Å². The zero-order valence-corrected chi connectivity index (χ0v) is 12.6. The van der Waals surface area contributed by atoms with Crippen molar-refractivity contribution < 1.29 is 17.6 Å². The van der Waals surface area contributed by atoms with Gasteiger partial charge in [-0.15, -0.1) is 0 Å². The van der Waals surface area contributed by atoms with Gasteiger partial charge in [0.2, 0.25) is 5.09 Å². The molecule has 0 unspecified atom stereocenters. The molecular weight excluding hydrogens is 294 g/mol. The monoisotopic (exact) mass is 309 g/mol. The summed E-state index contributed by atoms with van der Waals surface area (Å²) in [5.74, 6) is -0.302. The highest BCUT2D eigenvalue weighted by Gasteiger charge is 2.23. The topological polar surface area (TPSA) is 92.5 Å². The van der Waals surface area contributed by atoms with Crippen molar-refractivity contribution in [2.24, 2.45) is 0 Å². The second-order valence-electron chi connectivity index (χ2n) is 4.58. The normalized spacial score (nSPS) is 11.6. The van der Waals surface area contributed by atoms with Crippen LogP contribution in [0.15, 0.2) is 40.0 Å². The third kappa shape index (κ3) is 3.29. The van der Waals surface area contributed by atoms with Crippen molar-refractivity contribution >= 4 is 21.7 Å². The second-order valence-corrected chi connectivity index (χ2v) is 6.66. The van der Waals surface area contributed by atoms with Gasteiger partial charge in [0.1, 0.15) is 5.82 Å². The van der Waals surface area contributed by atoms with Crippen LogP contribution in [-0.2, 0) is 10.0 Å². The minimum Gasteiger partial charge on any atom is -0.438 e. The van der Waals surface area contributed by atoms with Crippen LogP contribution in [-0.4, -0.2) is 37.7 Å². The van der Waals surface area contributed by atoms with Crippen molar-refractivity contribution in [1.29, 1.82) is 0 Å². The Kier molecular flexibility index (Phi) is 4.10. The third-order valence-electron chi connectivity index (χ3n) is 2.69. The Morgan fingerprint density at radius 3 is 2.52 bits per heavy atom. The number of hydrogen-bond acceptors (Lipinski definition) is 5. The van der Waals surface area contributed by atoms with E-state index in [9.17, 15) is 13.2 Å². The number of furan rings is 1. The maximum atomic E-state index is 12.0. The van der Waals surface area contributed by atoms with Crippen molar-refractivity contribution in [3.8, 4) is 0 Å². The molecule has 0 spiro atoms. The lowest BCUT2D eigenvalue weighted by Crippen LogP contribution is -2.21. The highest BCUT2D eigenvalue weighted by molar-refractivity contribution is 7.88. The molecule has 0 saturated carbocycles. The van der Waals surface area contributed by atoms with Crippen LogP contribution >= 0.6 is 0 Å². The zero-order chi connectivity index (χ0) is 15.6. The number of sulfonamides is 1. The first-order valence-corrected chi connectivity index (χ1v) is 7.51. The molecule has 1 N–H and O–H groups in total. The van der Waals surface area contributed by atoms with Gasteiger partial charge in [-0.25, -0.2) is 17.7 Å². The molecule has 2 aromatic rings. The highest BCUT2D eigenvalue weighted by atomic mass is 32.2. The average Bonchev–Trinajstić information content (AvgIpc) is 2.91. The first kappa shape index (κ1) is 15.2. The summed E-state index contributed by atoms with van der Waals surface area (Å²) in [6.45, 7) is 1.88. The molecule has 8 heteroatoms. The lowest BCUT2D eigenvalue weighted by Gasteiger charge is -2.07. The molecule has 112 valence electrons. The Morgan fingerprint density at radius 1 is 1.24 bits per heavy atom. The third-order valence-corrected chi connectivity index (χ3v) is 4.38. The van der Waals surface area contributed by atoms with Crippen LogP contribution in [0.4, 0.5) is 5.82 Å². The van der Waals surface area contributed by atoms with Crippen molar-refractivity contribution in [1.82, 2.24) is 9.29 Å². The van der Waals surface area contributed by atoms with E-state index in [1.807, 2.05) is 6.92 Å². The van der Waals surface area contributed by atoms with Gasteiger partial charge in [0.05, 0.1) is 0 Å². The fraction of sp³-hybridized carbons (Fsp3) is 0.231. The van der Waals surface area contributed by atoms with E-state index >= 15 is 0 Å². The lowest BCUT2D eigenvalue weighted by atomic mass is 10.3. The van der Waals surface area contributed by atoms with E-state index in [0.717, 1.165) is 9.87 Å². The summed E-state index contributed by atoms with van der Waals surface area (Å²) in [5, 5.41) is 2.24. The highest BCUT2D eigenvalue weighted by Crippen LogP contribution is 2.17. The van der Waals surface area contributed by atoms with Crippen molar-refractivity contribution in [2.75, 3.05) is 19.4 Å². The molecule has 2 aromatic heterocycles. The first-order chi connectivity index (χ1) is 9.80. The molecule has 0 aliphatic carbocycles. The Morgan fingerprint density at radius 2 is 1.95 bits per heavy atom. The maximum absolute atomic E-state index is 12.0. The van der Waals surface area contributed by atoms with Gasteiger partial charge < -0.3 is 9.73 Å². The Labute approximate surface area is 122 Å². The molecular formula is C13H15N3O4S. The Hall–Kier alpha value is -2.19. The quantitative estimate of drug-likeness (QED) is 0.923. The molecule has 1 amide bonds. The number of aromatic nitrogens is 1. The maximum Gasteiger partial charge on any atom is 0.292 e. The van der Waals surface area contributed by atoms with Gasteiger partial charge in [-0.05, 0) is 30.7 Å². The fourth-order valence-corrected chi connectivity index (χ4v) is 2.28. The number of nitrogens with zero attached hydrogens (tertiary/aromatic N) is 2. The molecule has 2 heterocycles. The van der Waals surface area contributed by atoms with Gasteiger partial charge in [-0.1, -0.05) is 6.07 Å². The number of carbonyl (C=O) groups is 1. The average molecular weight is 309 g/mol. The predicted molar refractivity (Wildman–Crippen MR) is 76.5 cm³/mol. The van der Waals surface area contributed by atoms with E-state index in [1.165, 1.54) is 26.2 Å². The molecule has 0 radical (unpaired) electrons. The SMILES string of the molecule is Cc1ccc(NC(=O)c2ccc(S(=O)(=O)N(C)C)o2)nc1. The minimum atomic E-state index is -3.70. The number of hydrogen-bond donors (Lipinski definition) is 1. The molecule has 0 bridgehead atoms. The molecule has 0 fully saturated rings. The number of anilines is 1. The van der Waals surface area contributed by atoms with E-state index in [1.54, 1.807) is 18.3 Å². The van der Waals surface area contributed by atoms with Crippen LogP contribution in [0.25, 0.3) is 0 Å². The fourth-order valence-electron chi connectivity index (χ4n) is 1.48. The summed E-state index contributed by atoms with van der Waals surface area (Å²) in [4.78, 5) is 16.0. The number of amides is 1. The van der Waals surface area contributed by atoms with Crippen molar-refractivity contribution in [3.05, 3.63) is 41.8 Å².